The topological polar surface area (TPSA) is 83.2 Å². The first-order chi connectivity index (χ1) is 19.6. The highest BCUT2D eigenvalue weighted by molar-refractivity contribution is 5.96. The molecule has 7 nitrogen and oxygen atoms in total. The second-order valence-electron chi connectivity index (χ2n) is 9.37. The molecule has 0 saturated heterocycles. The molecule has 0 fully saturated rings. The third-order valence-corrected chi connectivity index (χ3v) is 6.66. The van der Waals surface area contributed by atoms with E-state index in [0.29, 0.717) is 59.3 Å². The van der Waals surface area contributed by atoms with Gasteiger partial charge in [0.1, 0.15) is 17.6 Å². The Bertz CT molecular complexity index is 1690. The Morgan fingerprint density at radius 1 is 1.15 bits per heavy atom. The van der Waals surface area contributed by atoms with Gasteiger partial charge in [0.2, 0.25) is 5.95 Å². The van der Waals surface area contributed by atoms with Gasteiger partial charge in [-0.3, -0.25) is 9.47 Å². The number of carbonyl (C=O) groups is 1. The maximum absolute atomic E-state index is 13.9. The summed E-state index contributed by atoms with van der Waals surface area (Å²) < 4.78 is 71.7. The molecule has 12 heteroatoms. The number of nitrogens with one attached hydrogen (secondary N) is 1. The van der Waals surface area contributed by atoms with E-state index in [2.05, 4.69) is 15.0 Å². The standard InChI is InChI=1S/C29H22F5N5O2/c30-24-12-18(3-4-20(24)15-35)2-1-10-38-11-8-26-23(17-38)22-14-21(41-29(32,33)34)5-6-25(22)39(26)28(40)37-16-19-7-9-36-27(31)13-19/h1-7,9,12-14H,8,10-11,16-17H2,(H,37,40)/b2-1+. The minimum Gasteiger partial charge on any atom is -0.406 e. The molecule has 0 aliphatic carbocycles. The van der Waals surface area contributed by atoms with Gasteiger partial charge in [-0.15, -0.1) is 13.2 Å². The number of carbonyl (C=O) groups excluding carboxylic acids is 1. The minimum absolute atomic E-state index is 0.0227. The summed E-state index contributed by atoms with van der Waals surface area (Å²) >= 11 is 0. The Balaban J connectivity index is 1.41. The van der Waals surface area contributed by atoms with Crippen LogP contribution in [0.5, 0.6) is 5.75 Å². The molecule has 3 heterocycles. The van der Waals surface area contributed by atoms with Gasteiger partial charge in [0.15, 0.2) is 0 Å². The molecule has 41 heavy (non-hydrogen) atoms. The van der Waals surface area contributed by atoms with Crippen molar-refractivity contribution in [2.45, 2.75) is 25.9 Å². The molecule has 2 aromatic carbocycles. The molecule has 0 radical (unpaired) electrons. The largest absolute Gasteiger partial charge is 0.573 e. The van der Waals surface area contributed by atoms with Crippen molar-refractivity contribution in [2.24, 2.45) is 0 Å². The average molecular weight is 568 g/mol. The monoisotopic (exact) mass is 567 g/mol. The molecule has 5 rings (SSSR count). The zero-order valence-electron chi connectivity index (χ0n) is 21.4. The Morgan fingerprint density at radius 2 is 1.98 bits per heavy atom. The van der Waals surface area contributed by atoms with Crippen molar-refractivity contribution < 1.29 is 31.5 Å². The van der Waals surface area contributed by atoms with E-state index in [-0.39, 0.29) is 12.1 Å². The number of halogens is 5. The summed E-state index contributed by atoms with van der Waals surface area (Å²) in [6.45, 7) is 1.36. The van der Waals surface area contributed by atoms with Crippen LogP contribution in [0.4, 0.5) is 26.7 Å². The predicted molar refractivity (Wildman–Crippen MR) is 140 cm³/mol. The fraction of sp³-hybridized carbons (Fsp3) is 0.207. The van der Waals surface area contributed by atoms with Crippen LogP contribution in [0.25, 0.3) is 17.0 Å². The number of rotatable bonds is 6. The van der Waals surface area contributed by atoms with Crippen molar-refractivity contribution in [1.29, 1.82) is 5.26 Å². The van der Waals surface area contributed by atoms with Gasteiger partial charge in [0.05, 0.1) is 11.1 Å². The van der Waals surface area contributed by atoms with Gasteiger partial charge < -0.3 is 10.1 Å². The van der Waals surface area contributed by atoms with Gasteiger partial charge in [-0.2, -0.15) is 9.65 Å². The fourth-order valence-electron chi connectivity index (χ4n) is 4.85. The molecule has 0 spiro atoms. The molecule has 1 aliphatic rings. The van der Waals surface area contributed by atoms with Crippen molar-refractivity contribution in [3.63, 3.8) is 0 Å². The van der Waals surface area contributed by atoms with E-state index in [0.717, 1.165) is 6.07 Å². The van der Waals surface area contributed by atoms with Crippen LogP contribution in [0.1, 0.15) is 27.9 Å². The lowest BCUT2D eigenvalue weighted by molar-refractivity contribution is -0.274. The molecule has 1 amide bonds. The molecule has 4 aromatic rings. The summed E-state index contributed by atoms with van der Waals surface area (Å²) in [5.41, 5.74) is 2.77. The molecule has 0 atom stereocenters. The second kappa shape index (κ2) is 11.4. The molecule has 1 aliphatic heterocycles. The number of hydrogen-bond acceptors (Lipinski definition) is 5. The third kappa shape index (κ3) is 6.36. The van der Waals surface area contributed by atoms with Gasteiger partial charge in [-0.05, 0) is 59.2 Å². The summed E-state index contributed by atoms with van der Waals surface area (Å²) in [6.07, 6.45) is 0.371. The van der Waals surface area contributed by atoms with E-state index in [1.165, 1.54) is 41.1 Å². The Kier molecular flexibility index (Phi) is 7.72. The van der Waals surface area contributed by atoms with Crippen LogP contribution >= 0.6 is 0 Å². The third-order valence-electron chi connectivity index (χ3n) is 6.66. The maximum atomic E-state index is 13.9. The first-order valence-corrected chi connectivity index (χ1v) is 12.5. The van der Waals surface area contributed by atoms with Crippen molar-refractivity contribution in [1.82, 2.24) is 19.8 Å². The zero-order chi connectivity index (χ0) is 29.1. The Hall–Kier alpha value is -4.76. The van der Waals surface area contributed by atoms with Gasteiger partial charge in [0.25, 0.3) is 0 Å². The van der Waals surface area contributed by atoms with Gasteiger partial charge in [0, 0.05) is 49.9 Å². The SMILES string of the molecule is N#Cc1ccc(/C=C/CN2CCc3c(c4cc(OC(F)(F)F)ccc4n3C(=O)NCc3ccnc(F)c3)C2)cc1F. The number of amides is 1. The van der Waals surface area contributed by atoms with Crippen molar-refractivity contribution in [3.8, 4) is 11.8 Å². The molecule has 0 bridgehead atoms. The Morgan fingerprint density at radius 3 is 2.71 bits per heavy atom. The number of pyridine rings is 1. The number of aromatic nitrogens is 2. The van der Waals surface area contributed by atoms with E-state index >= 15 is 0 Å². The molecule has 1 N–H and O–H groups in total. The highest BCUT2D eigenvalue weighted by Crippen LogP contribution is 2.35. The maximum Gasteiger partial charge on any atom is 0.573 e. The first kappa shape index (κ1) is 27.8. The van der Waals surface area contributed by atoms with Gasteiger partial charge in [-0.1, -0.05) is 18.2 Å². The Labute approximate surface area is 231 Å². The smallest absolute Gasteiger partial charge is 0.406 e. The van der Waals surface area contributed by atoms with Crippen LogP contribution in [0.2, 0.25) is 0 Å². The highest BCUT2D eigenvalue weighted by Gasteiger charge is 2.32. The van der Waals surface area contributed by atoms with Crippen LogP contribution in [0, 0.1) is 23.1 Å². The number of hydrogen-bond donors (Lipinski definition) is 1. The van der Waals surface area contributed by atoms with Crippen molar-refractivity contribution >= 4 is 23.0 Å². The molecule has 2 aromatic heterocycles. The van der Waals surface area contributed by atoms with Crippen LogP contribution in [0.3, 0.4) is 0 Å². The fourth-order valence-corrected chi connectivity index (χ4v) is 4.85. The number of alkyl halides is 3. The molecule has 0 saturated carbocycles. The zero-order valence-corrected chi connectivity index (χ0v) is 21.4. The highest BCUT2D eigenvalue weighted by atomic mass is 19.4. The lowest BCUT2D eigenvalue weighted by Gasteiger charge is -2.27. The quantitative estimate of drug-likeness (QED) is 0.231. The minimum atomic E-state index is -4.88. The number of nitrogens with zero attached hydrogens (tertiary/aromatic N) is 4. The van der Waals surface area contributed by atoms with Crippen molar-refractivity contribution in [3.05, 3.63) is 101 Å². The van der Waals surface area contributed by atoms with E-state index in [9.17, 15) is 26.7 Å². The summed E-state index contributed by atoms with van der Waals surface area (Å²) in [6, 6.07) is 12.1. The molecular formula is C29H22F5N5O2. The lowest BCUT2D eigenvalue weighted by atomic mass is 10.0. The summed E-state index contributed by atoms with van der Waals surface area (Å²) in [7, 11) is 0. The molecular weight excluding hydrogens is 545 g/mol. The second-order valence-corrected chi connectivity index (χ2v) is 9.37. The molecule has 0 unspecified atom stereocenters. The predicted octanol–water partition coefficient (Wildman–Crippen LogP) is 5.91. The van der Waals surface area contributed by atoms with Crippen LogP contribution in [-0.4, -0.2) is 39.9 Å². The number of nitriles is 1. The first-order valence-electron chi connectivity index (χ1n) is 12.5. The number of fused-ring (bicyclic) bond motifs is 3. The van der Waals surface area contributed by atoms with E-state index < -0.39 is 29.9 Å². The van der Waals surface area contributed by atoms with E-state index in [4.69, 9.17) is 5.26 Å². The van der Waals surface area contributed by atoms with Gasteiger partial charge in [-0.25, -0.2) is 14.2 Å². The van der Waals surface area contributed by atoms with Crippen LogP contribution in [-0.2, 0) is 19.5 Å². The van der Waals surface area contributed by atoms with E-state index in [1.807, 2.05) is 11.0 Å². The van der Waals surface area contributed by atoms with E-state index in [1.54, 1.807) is 24.3 Å². The lowest BCUT2D eigenvalue weighted by Crippen LogP contribution is -2.34. The average Bonchev–Trinajstić information content (AvgIpc) is 3.24. The summed E-state index contributed by atoms with van der Waals surface area (Å²) in [5, 5.41) is 12.1. The summed E-state index contributed by atoms with van der Waals surface area (Å²) in [4.78, 5) is 18.8. The summed E-state index contributed by atoms with van der Waals surface area (Å²) in [5.74, 6) is -1.71. The van der Waals surface area contributed by atoms with Crippen LogP contribution < -0.4 is 10.1 Å². The molecule has 210 valence electrons. The number of benzene rings is 2. The van der Waals surface area contributed by atoms with Gasteiger partial charge >= 0.3 is 12.4 Å². The van der Waals surface area contributed by atoms with Crippen LogP contribution in [0.15, 0.2) is 60.8 Å². The number of ether oxygens (including phenoxy) is 1. The normalized spacial score (nSPS) is 13.8. The van der Waals surface area contributed by atoms with Crippen molar-refractivity contribution in [2.75, 3.05) is 13.1 Å².